The fourth-order valence-electron chi connectivity index (χ4n) is 4.44. The molecule has 0 aliphatic carbocycles. The normalized spacial score (nSPS) is 23.6. The maximum absolute atomic E-state index is 12.8. The number of hydrogen-bond acceptors (Lipinski definition) is 4. The van der Waals surface area contributed by atoms with Crippen molar-refractivity contribution in [2.45, 2.75) is 6.04 Å². The SMILES string of the molecule is COc1ccc([C@H]2[C@@H]3CN(C(=O)c4cnc[nH]4)C[C@@H]3CN2C(=O)N(C)C)cc1. The summed E-state index contributed by atoms with van der Waals surface area (Å²) < 4.78 is 5.27. The number of imidazole rings is 1. The Morgan fingerprint density at radius 2 is 1.93 bits per heavy atom. The number of likely N-dealkylation sites (tertiary alicyclic amines) is 2. The Labute approximate surface area is 164 Å². The van der Waals surface area contributed by atoms with Crippen molar-refractivity contribution in [2.75, 3.05) is 40.8 Å². The van der Waals surface area contributed by atoms with Crippen LogP contribution in [0, 0.1) is 11.8 Å². The van der Waals surface area contributed by atoms with E-state index in [4.69, 9.17) is 4.74 Å². The minimum absolute atomic E-state index is 0.00154. The monoisotopic (exact) mass is 383 g/mol. The summed E-state index contributed by atoms with van der Waals surface area (Å²) in [6.45, 7) is 1.91. The van der Waals surface area contributed by atoms with E-state index >= 15 is 0 Å². The van der Waals surface area contributed by atoms with Crippen molar-refractivity contribution in [3.05, 3.63) is 48.0 Å². The molecule has 28 heavy (non-hydrogen) atoms. The van der Waals surface area contributed by atoms with E-state index in [2.05, 4.69) is 9.97 Å². The first kappa shape index (κ1) is 18.3. The molecular weight excluding hydrogens is 358 g/mol. The van der Waals surface area contributed by atoms with Crippen LogP contribution in [0.1, 0.15) is 22.1 Å². The van der Waals surface area contributed by atoms with Gasteiger partial charge in [-0.15, -0.1) is 0 Å². The number of fused-ring (bicyclic) bond motifs is 1. The third kappa shape index (κ3) is 3.08. The van der Waals surface area contributed by atoms with Gasteiger partial charge in [0.15, 0.2) is 0 Å². The van der Waals surface area contributed by atoms with Gasteiger partial charge in [0.1, 0.15) is 11.4 Å². The zero-order valence-electron chi connectivity index (χ0n) is 16.3. The van der Waals surface area contributed by atoms with E-state index in [1.807, 2.05) is 34.1 Å². The van der Waals surface area contributed by atoms with Crippen LogP contribution in [0.15, 0.2) is 36.8 Å². The first-order valence-electron chi connectivity index (χ1n) is 9.39. The van der Waals surface area contributed by atoms with Crippen molar-refractivity contribution >= 4 is 11.9 Å². The Balaban J connectivity index is 1.61. The molecule has 8 heteroatoms. The number of H-pyrrole nitrogens is 1. The van der Waals surface area contributed by atoms with Gasteiger partial charge in [-0.05, 0) is 17.7 Å². The van der Waals surface area contributed by atoms with E-state index in [-0.39, 0.29) is 29.8 Å². The van der Waals surface area contributed by atoms with Gasteiger partial charge < -0.3 is 24.4 Å². The summed E-state index contributed by atoms with van der Waals surface area (Å²) in [7, 11) is 5.18. The average Bonchev–Trinajstić information content (AvgIpc) is 3.42. The smallest absolute Gasteiger partial charge is 0.320 e. The average molecular weight is 383 g/mol. The molecule has 2 aromatic rings. The zero-order chi connectivity index (χ0) is 19.8. The Hall–Kier alpha value is -3.03. The summed E-state index contributed by atoms with van der Waals surface area (Å²) in [5, 5.41) is 0. The number of amides is 3. The second kappa shape index (κ2) is 7.18. The third-order valence-corrected chi connectivity index (χ3v) is 5.77. The predicted octanol–water partition coefficient (Wildman–Crippen LogP) is 1.84. The predicted molar refractivity (Wildman–Crippen MR) is 103 cm³/mol. The van der Waals surface area contributed by atoms with Gasteiger partial charge in [0.05, 0.1) is 25.7 Å². The molecule has 0 saturated carbocycles. The number of aromatic nitrogens is 2. The van der Waals surface area contributed by atoms with Crippen molar-refractivity contribution < 1.29 is 14.3 Å². The molecule has 148 valence electrons. The number of urea groups is 1. The molecule has 1 aromatic heterocycles. The molecule has 0 unspecified atom stereocenters. The van der Waals surface area contributed by atoms with Gasteiger partial charge in [-0.3, -0.25) is 4.79 Å². The largest absolute Gasteiger partial charge is 0.497 e. The Kier molecular flexibility index (Phi) is 4.70. The number of nitrogens with zero attached hydrogens (tertiary/aromatic N) is 4. The van der Waals surface area contributed by atoms with Gasteiger partial charge in [-0.25, -0.2) is 9.78 Å². The number of carbonyl (C=O) groups excluding carboxylic acids is 2. The summed E-state index contributed by atoms with van der Waals surface area (Å²) in [4.78, 5) is 37.8. The first-order valence-corrected chi connectivity index (χ1v) is 9.39. The van der Waals surface area contributed by atoms with Gasteiger partial charge in [0.2, 0.25) is 0 Å². The van der Waals surface area contributed by atoms with Gasteiger partial charge in [0.25, 0.3) is 5.91 Å². The van der Waals surface area contributed by atoms with Gasteiger partial charge in [0, 0.05) is 45.6 Å². The summed E-state index contributed by atoms with van der Waals surface area (Å²) in [5.41, 5.74) is 1.57. The highest BCUT2D eigenvalue weighted by Gasteiger charge is 2.50. The molecule has 3 heterocycles. The lowest BCUT2D eigenvalue weighted by Gasteiger charge is -2.31. The molecule has 3 atom stereocenters. The lowest BCUT2D eigenvalue weighted by molar-refractivity contribution is 0.0761. The van der Waals surface area contributed by atoms with Crippen LogP contribution >= 0.6 is 0 Å². The van der Waals surface area contributed by atoms with E-state index in [0.29, 0.717) is 25.3 Å². The van der Waals surface area contributed by atoms with Crippen molar-refractivity contribution in [1.29, 1.82) is 0 Å². The highest BCUT2D eigenvalue weighted by atomic mass is 16.5. The van der Waals surface area contributed by atoms with Gasteiger partial charge in [-0.2, -0.15) is 0 Å². The van der Waals surface area contributed by atoms with E-state index in [0.717, 1.165) is 11.3 Å². The van der Waals surface area contributed by atoms with Crippen LogP contribution in [0.3, 0.4) is 0 Å². The molecule has 1 N–H and O–H groups in total. The summed E-state index contributed by atoms with van der Waals surface area (Å²) >= 11 is 0. The van der Waals surface area contributed by atoms with Gasteiger partial charge in [-0.1, -0.05) is 12.1 Å². The first-order chi connectivity index (χ1) is 13.5. The molecule has 0 spiro atoms. The highest BCUT2D eigenvalue weighted by Crippen LogP contribution is 2.45. The number of aromatic amines is 1. The molecular formula is C20H25N5O3. The Morgan fingerprint density at radius 1 is 1.18 bits per heavy atom. The number of methoxy groups -OCH3 is 1. The van der Waals surface area contributed by atoms with Crippen LogP contribution in [0.2, 0.25) is 0 Å². The molecule has 2 fully saturated rings. The van der Waals surface area contributed by atoms with Crippen molar-refractivity contribution in [1.82, 2.24) is 24.7 Å². The van der Waals surface area contributed by atoms with Gasteiger partial charge >= 0.3 is 6.03 Å². The van der Waals surface area contributed by atoms with E-state index < -0.39 is 0 Å². The molecule has 8 nitrogen and oxygen atoms in total. The van der Waals surface area contributed by atoms with Crippen LogP contribution in [-0.2, 0) is 0 Å². The molecule has 1 aromatic carbocycles. The van der Waals surface area contributed by atoms with Crippen molar-refractivity contribution in [3.8, 4) is 5.75 Å². The maximum atomic E-state index is 12.8. The minimum atomic E-state index is -0.0645. The zero-order valence-corrected chi connectivity index (χ0v) is 16.3. The van der Waals surface area contributed by atoms with Crippen molar-refractivity contribution in [2.24, 2.45) is 11.8 Å². The van der Waals surface area contributed by atoms with E-state index in [1.165, 1.54) is 6.33 Å². The van der Waals surface area contributed by atoms with Crippen molar-refractivity contribution in [3.63, 3.8) is 0 Å². The molecule has 0 bridgehead atoms. The topological polar surface area (TPSA) is 81.8 Å². The Morgan fingerprint density at radius 3 is 2.54 bits per heavy atom. The molecule has 2 aliphatic heterocycles. The number of hydrogen-bond donors (Lipinski definition) is 1. The summed E-state index contributed by atoms with van der Waals surface area (Å²) in [6.07, 6.45) is 3.07. The quantitative estimate of drug-likeness (QED) is 0.877. The lowest BCUT2D eigenvalue weighted by Crippen LogP contribution is -2.42. The molecule has 2 saturated heterocycles. The second-order valence-electron chi connectivity index (χ2n) is 7.65. The van der Waals surface area contributed by atoms with Crippen LogP contribution in [0.5, 0.6) is 5.75 Å². The summed E-state index contributed by atoms with van der Waals surface area (Å²) in [5.74, 6) is 1.20. The minimum Gasteiger partial charge on any atom is -0.497 e. The molecule has 3 amide bonds. The molecule has 2 aliphatic rings. The van der Waals surface area contributed by atoms with Crippen LogP contribution in [0.4, 0.5) is 4.79 Å². The Bertz CT molecular complexity index is 849. The van der Waals surface area contributed by atoms with Crippen LogP contribution in [0.25, 0.3) is 0 Å². The number of carbonyl (C=O) groups is 2. The van der Waals surface area contributed by atoms with E-state index in [1.54, 1.807) is 32.3 Å². The second-order valence-corrected chi connectivity index (χ2v) is 7.65. The fourth-order valence-corrected chi connectivity index (χ4v) is 4.44. The fraction of sp³-hybridized carbons (Fsp3) is 0.450. The number of benzene rings is 1. The van der Waals surface area contributed by atoms with E-state index in [9.17, 15) is 9.59 Å². The maximum Gasteiger partial charge on any atom is 0.320 e. The number of ether oxygens (including phenoxy) is 1. The molecule has 0 radical (unpaired) electrons. The van der Waals surface area contributed by atoms with Crippen LogP contribution < -0.4 is 4.74 Å². The summed E-state index contributed by atoms with van der Waals surface area (Å²) in [6, 6.07) is 7.81. The third-order valence-electron chi connectivity index (χ3n) is 5.77. The standard InChI is InChI=1S/C20H25N5O3/c1-23(2)20(27)25-10-14-9-24(19(26)17-8-21-12-22-17)11-16(14)18(25)13-4-6-15(28-3)7-5-13/h4-8,12,14,16,18H,9-11H2,1-3H3,(H,21,22)/t14-,16-,18+/m1/s1. The molecule has 4 rings (SSSR count). The lowest BCUT2D eigenvalue weighted by atomic mass is 9.89. The number of rotatable bonds is 3. The number of nitrogens with one attached hydrogen (secondary N) is 1. The van der Waals surface area contributed by atoms with Crippen LogP contribution in [-0.4, -0.2) is 77.4 Å². The highest BCUT2D eigenvalue weighted by molar-refractivity contribution is 5.92.